The molecular formula is C30H35FN4O7. The molecule has 42 heavy (non-hydrogen) atoms. The lowest BCUT2D eigenvalue weighted by Gasteiger charge is -2.45. The van der Waals surface area contributed by atoms with E-state index in [1.165, 1.54) is 6.07 Å². The summed E-state index contributed by atoms with van der Waals surface area (Å²) in [4.78, 5) is 39.1. The van der Waals surface area contributed by atoms with Crippen molar-refractivity contribution in [2.24, 2.45) is 5.73 Å². The minimum Gasteiger partial charge on any atom is -0.466 e. The van der Waals surface area contributed by atoms with Crippen molar-refractivity contribution < 1.29 is 37.7 Å². The Morgan fingerprint density at radius 1 is 1.05 bits per heavy atom. The maximum atomic E-state index is 15.6. The van der Waals surface area contributed by atoms with E-state index in [0.717, 1.165) is 10.5 Å². The number of nitrogens with two attached hydrogens (primary N) is 1. The van der Waals surface area contributed by atoms with Crippen molar-refractivity contribution >= 4 is 34.7 Å². The normalized spacial score (nSPS) is 16.9. The summed E-state index contributed by atoms with van der Waals surface area (Å²) in [6.45, 7) is 3.59. The lowest BCUT2D eigenvalue weighted by molar-refractivity contribution is -0.293. The maximum absolute atomic E-state index is 15.6. The number of piperidine rings is 1. The third-order valence-corrected chi connectivity index (χ3v) is 7.68. The number of rotatable bonds is 8. The van der Waals surface area contributed by atoms with E-state index in [1.54, 1.807) is 30.2 Å². The summed E-state index contributed by atoms with van der Waals surface area (Å²) < 4.78 is 40.3. The molecule has 2 fully saturated rings. The van der Waals surface area contributed by atoms with Crippen molar-refractivity contribution in [3.05, 3.63) is 66.1 Å². The van der Waals surface area contributed by atoms with Crippen LogP contribution in [0.1, 0.15) is 37.8 Å². The van der Waals surface area contributed by atoms with Gasteiger partial charge in [-0.25, -0.2) is 14.0 Å². The Hall–Kier alpha value is -4.16. The zero-order chi connectivity index (χ0) is 29.7. The van der Waals surface area contributed by atoms with Crippen LogP contribution in [0.2, 0.25) is 0 Å². The number of fused-ring (bicyclic) bond motifs is 1. The average molecular weight is 583 g/mol. The predicted molar refractivity (Wildman–Crippen MR) is 151 cm³/mol. The molecule has 3 heterocycles. The second-order valence-corrected chi connectivity index (χ2v) is 10.3. The average Bonchev–Trinajstić information content (AvgIpc) is 3.43. The third kappa shape index (κ3) is 6.34. The van der Waals surface area contributed by atoms with Crippen molar-refractivity contribution in [1.82, 2.24) is 9.47 Å². The Bertz CT molecular complexity index is 1410. The summed E-state index contributed by atoms with van der Waals surface area (Å²) in [5, 5.41) is 0.303. The molecule has 1 aromatic heterocycles. The molecule has 0 unspecified atom stereocenters. The number of halogens is 1. The van der Waals surface area contributed by atoms with Crippen molar-refractivity contribution in [2.45, 2.75) is 44.6 Å². The van der Waals surface area contributed by atoms with Crippen LogP contribution in [0, 0.1) is 5.82 Å². The number of hydrogen-bond donors (Lipinski definition) is 1. The molecule has 0 saturated carbocycles. The van der Waals surface area contributed by atoms with Crippen molar-refractivity contribution in [1.29, 1.82) is 0 Å². The number of benzene rings is 2. The second kappa shape index (κ2) is 12.8. The van der Waals surface area contributed by atoms with Gasteiger partial charge in [-0.15, -0.1) is 0 Å². The first-order chi connectivity index (χ1) is 20.3. The molecule has 2 aromatic carbocycles. The third-order valence-electron chi connectivity index (χ3n) is 7.68. The van der Waals surface area contributed by atoms with Crippen LogP contribution in [-0.2, 0) is 30.3 Å². The molecule has 3 amide bonds. The number of carbonyl (C=O) groups is 3. The predicted octanol–water partition coefficient (Wildman–Crippen LogP) is 4.34. The number of carbonyl (C=O) groups excluding carboxylic acids is 3. The zero-order valence-electron chi connectivity index (χ0n) is 23.5. The smallest absolute Gasteiger partial charge is 0.410 e. The van der Waals surface area contributed by atoms with Gasteiger partial charge in [-0.1, -0.05) is 30.3 Å². The summed E-state index contributed by atoms with van der Waals surface area (Å²) in [7, 11) is 0. The van der Waals surface area contributed by atoms with Crippen molar-refractivity contribution in [3.63, 3.8) is 0 Å². The van der Waals surface area contributed by atoms with Gasteiger partial charge < -0.3 is 34.1 Å². The van der Waals surface area contributed by atoms with E-state index in [4.69, 9.17) is 24.7 Å². The van der Waals surface area contributed by atoms with Crippen LogP contribution >= 0.6 is 0 Å². The molecule has 12 heteroatoms. The molecule has 0 bridgehead atoms. The van der Waals surface area contributed by atoms with E-state index in [1.807, 2.05) is 34.9 Å². The van der Waals surface area contributed by atoms with E-state index in [2.05, 4.69) is 0 Å². The van der Waals surface area contributed by atoms with Crippen molar-refractivity contribution in [2.75, 3.05) is 44.4 Å². The van der Waals surface area contributed by atoms with Gasteiger partial charge >= 0.3 is 18.1 Å². The van der Waals surface area contributed by atoms with E-state index in [-0.39, 0.29) is 44.0 Å². The van der Waals surface area contributed by atoms with Crippen LogP contribution in [-0.4, -0.2) is 72.8 Å². The van der Waals surface area contributed by atoms with Gasteiger partial charge in [0.1, 0.15) is 6.61 Å². The molecule has 2 aliphatic rings. The van der Waals surface area contributed by atoms with E-state index < -0.39 is 23.6 Å². The second-order valence-electron chi connectivity index (χ2n) is 10.3. The van der Waals surface area contributed by atoms with Crippen LogP contribution in [0.5, 0.6) is 0 Å². The van der Waals surface area contributed by atoms with Crippen LogP contribution in [0.15, 0.2) is 54.7 Å². The number of anilines is 1. The molecule has 0 atom stereocenters. The standard InChI is InChI=1S/C30H35FN4O7/c1-2-39-26(36)11-15-35(28(32)37)25-9-8-24-23(27(25)31)10-14-34(24)22-19-41-30(42-20-22)12-16-33(17-13-30)29(38)40-18-21-6-4-3-5-7-21/h3-10,14,22H,2,11-13,15-20H2,1H3,(H2,32,37). The van der Waals surface area contributed by atoms with Gasteiger partial charge in [-0.3, -0.25) is 9.69 Å². The summed E-state index contributed by atoms with van der Waals surface area (Å²) >= 11 is 0. The highest BCUT2D eigenvalue weighted by molar-refractivity contribution is 5.95. The fourth-order valence-corrected chi connectivity index (χ4v) is 5.38. The Labute approximate surface area is 242 Å². The fourth-order valence-electron chi connectivity index (χ4n) is 5.38. The fraction of sp³-hybridized carbons (Fsp3) is 0.433. The molecule has 0 radical (unpaired) electrons. The summed E-state index contributed by atoms with van der Waals surface area (Å²) in [6.07, 6.45) is 2.31. The highest BCUT2D eigenvalue weighted by atomic mass is 19.1. The summed E-state index contributed by atoms with van der Waals surface area (Å²) in [5.74, 6) is -1.90. The molecule has 224 valence electrons. The van der Waals surface area contributed by atoms with E-state index in [0.29, 0.717) is 50.0 Å². The first kappa shape index (κ1) is 29.3. The van der Waals surface area contributed by atoms with Gasteiger partial charge in [0, 0.05) is 44.1 Å². The highest BCUT2D eigenvalue weighted by Gasteiger charge is 2.42. The van der Waals surface area contributed by atoms with E-state index in [9.17, 15) is 14.4 Å². The van der Waals surface area contributed by atoms with Gasteiger partial charge in [0.15, 0.2) is 11.6 Å². The van der Waals surface area contributed by atoms with Crippen LogP contribution < -0.4 is 10.6 Å². The molecule has 2 saturated heterocycles. The first-order valence-electron chi connectivity index (χ1n) is 14.1. The first-order valence-corrected chi connectivity index (χ1v) is 14.1. The molecule has 5 rings (SSSR count). The molecule has 0 aliphatic carbocycles. The lowest BCUT2D eigenvalue weighted by atomic mass is 10.0. The molecule has 11 nitrogen and oxygen atoms in total. The number of aromatic nitrogens is 1. The minimum absolute atomic E-state index is 0.0128. The van der Waals surface area contributed by atoms with E-state index >= 15 is 4.39 Å². The summed E-state index contributed by atoms with van der Waals surface area (Å²) in [6, 6.07) is 13.3. The molecule has 3 aromatic rings. The summed E-state index contributed by atoms with van der Waals surface area (Å²) in [5.41, 5.74) is 7.02. The van der Waals surface area contributed by atoms with Crippen molar-refractivity contribution in [3.8, 4) is 0 Å². The zero-order valence-corrected chi connectivity index (χ0v) is 23.5. The topological polar surface area (TPSA) is 126 Å². The van der Waals surface area contributed by atoms with Gasteiger partial charge in [-0.05, 0) is 30.7 Å². The molecule has 2 aliphatic heterocycles. The van der Waals surface area contributed by atoms with Gasteiger partial charge in [0.25, 0.3) is 0 Å². The van der Waals surface area contributed by atoms with Gasteiger partial charge in [-0.2, -0.15) is 0 Å². The number of likely N-dealkylation sites (tertiary alicyclic amines) is 1. The SMILES string of the molecule is CCOC(=O)CCN(C(N)=O)c1ccc2c(ccn2C2COC3(CCN(C(=O)OCc4ccccc4)CC3)OC2)c1F. The Balaban J connectivity index is 1.18. The van der Waals surface area contributed by atoms with Crippen LogP contribution in [0.3, 0.4) is 0 Å². The molecular weight excluding hydrogens is 547 g/mol. The van der Waals surface area contributed by atoms with Gasteiger partial charge in [0.05, 0.1) is 43.5 Å². The number of amides is 3. The number of nitrogens with zero attached hydrogens (tertiary/aromatic N) is 3. The maximum Gasteiger partial charge on any atom is 0.410 e. The number of primary amides is 1. The minimum atomic E-state index is -0.869. The number of hydrogen-bond acceptors (Lipinski definition) is 7. The Morgan fingerprint density at radius 2 is 1.76 bits per heavy atom. The lowest BCUT2D eigenvalue weighted by Crippen LogP contribution is -2.53. The highest BCUT2D eigenvalue weighted by Crippen LogP contribution is 2.36. The number of urea groups is 1. The number of esters is 1. The van der Waals surface area contributed by atoms with Crippen LogP contribution in [0.25, 0.3) is 10.9 Å². The molecule has 2 N–H and O–H groups in total. The van der Waals surface area contributed by atoms with Gasteiger partial charge in [0.2, 0.25) is 0 Å². The quantitative estimate of drug-likeness (QED) is 0.392. The molecule has 1 spiro atoms. The number of ether oxygens (including phenoxy) is 4. The largest absolute Gasteiger partial charge is 0.466 e. The Morgan fingerprint density at radius 3 is 2.43 bits per heavy atom. The van der Waals surface area contributed by atoms with Crippen LogP contribution in [0.4, 0.5) is 19.7 Å². The monoisotopic (exact) mass is 582 g/mol. The Kier molecular flexibility index (Phi) is 8.93.